The molecule has 4 heteroatoms. The van der Waals surface area contributed by atoms with E-state index in [1.807, 2.05) is 36.4 Å². The molecule has 2 rings (SSSR count). The molecule has 26 heavy (non-hydrogen) atoms. The summed E-state index contributed by atoms with van der Waals surface area (Å²) in [5.74, 6) is 0. The largest absolute Gasteiger partial charge is 0.414 e. The zero-order valence-electron chi connectivity index (χ0n) is 16.7. The SMILES string of the molecule is CC(C)(C)[Si](C)(C)OCC(O)CNC(c1ccccc1)c1ccccc1. The molecule has 142 valence electrons. The van der Waals surface area contributed by atoms with Crippen molar-refractivity contribution in [2.24, 2.45) is 0 Å². The predicted octanol–water partition coefficient (Wildman–Crippen LogP) is 4.75. The first-order valence-electron chi connectivity index (χ1n) is 9.36. The second kappa shape index (κ2) is 8.96. The quantitative estimate of drug-likeness (QED) is 0.658. The van der Waals surface area contributed by atoms with E-state index in [9.17, 15) is 5.11 Å². The van der Waals surface area contributed by atoms with Crippen LogP contribution in [0.25, 0.3) is 0 Å². The van der Waals surface area contributed by atoms with Gasteiger partial charge in [0.15, 0.2) is 8.32 Å². The maximum absolute atomic E-state index is 10.5. The maximum atomic E-state index is 10.5. The molecule has 2 aromatic rings. The molecule has 0 saturated heterocycles. The molecule has 0 spiro atoms. The normalized spacial score (nSPS) is 13.8. The fraction of sp³-hybridized carbons (Fsp3) is 0.455. The first kappa shape index (κ1) is 20.8. The molecule has 0 aliphatic heterocycles. The van der Waals surface area contributed by atoms with Gasteiger partial charge in [0.25, 0.3) is 0 Å². The summed E-state index contributed by atoms with van der Waals surface area (Å²) >= 11 is 0. The fourth-order valence-electron chi connectivity index (χ4n) is 2.55. The van der Waals surface area contributed by atoms with Gasteiger partial charge in [0.2, 0.25) is 0 Å². The molecule has 2 aromatic carbocycles. The van der Waals surface area contributed by atoms with Crippen molar-refractivity contribution in [3.63, 3.8) is 0 Å². The molecule has 0 aliphatic carbocycles. The van der Waals surface area contributed by atoms with Crippen LogP contribution in [0.1, 0.15) is 37.9 Å². The van der Waals surface area contributed by atoms with Gasteiger partial charge in [0, 0.05) is 6.54 Å². The Kier molecular flexibility index (Phi) is 7.18. The number of rotatable bonds is 8. The Bertz CT molecular complexity index is 613. The summed E-state index contributed by atoms with van der Waals surface area (Å²) in [6.45, 7) is 11.9. The van der Waals surface area contributed by atoms with Gasteiger partial charge < -0.3 is 14.8 Å². The maximum Gasteiger partial charge on any atom is 0.192 e. The molecule has 0 heterocycles. The number of hydrogen-bond acceptors (Lipinski definition) is 3. The van der Waals surface area contributed by atoms with Crippen LogP contribution in [0.15, 0.2) is 60.7 Å². The summed E-state index contributed by atoms with van der Waals surface area (Å²) in [6.07, 6.45) is -0.529. The van der Waals surface area contributed by atoms with Gasteiger partial charge in [-0.3, -0.25) is 0 Å². The zero-order valence-corrected chi connectivity index (χ0v) is 17.7. The molecule has 1 atom stereocenters. The van der Waals surface area contributed by atoms with E-state index in [2.05, 4.69) is 63.4 Å². The average Bonchev–Trinajstić information content (AvgIpc) is 2.61. The van der Waals surface area contributed by atoms with Crippen molar-refractivity contribution < 1.29 is 9.53 Å². The predicted molar refractivity (Wildman–Crippen MR) is 112 cm³/mol. The lowest BCUT2D eigenvalue weighted by Crippen LogP contribution is -2.44. The molecule has 2 N–H and O–H groups in total. The molecule has 0 saturated carbocycles. The number of benzene rings is 2. The van der Waals surface area contributed by atoms with Gasteiger partial charge in [-0.1, -0.05) is 81.4 Å². The van der Waals surface area contributed by atoms with Crippen LogP contribution < -0.4 is 5.32 Å². The lowest BCUT2D eigenvalue weighted by molar-refractivity contribution is 0.0974. The summed E-state index contributed by atoms with van der Waals surface area (Å²) in [4.78, 5) is 0. The van der Waals surface area contributed by atoms with E-state index >= 15 is 0 Å². The van der Waals surface area contributed by atoms with Crippen LogP contribution in [0.4, 0.5) is 0 Å². The van der Waals surface area contributed by atoms with Crippen molar-refractivity contribution in [3.8, 4) is 0 Å². The van der Waals surface area contributed by atoms with Crippen LogP contribution in [0, 0.1) is 0 Å². The Morgan fingerprint density at radius 3 is 1.81 bits per heavy atom. The minimum atomic E-state index is -1.84. The van der Waals surface area contributed by atoms with Gasteiger partial charge in [-0.2, -0.15) is 0 Å². The van der Waals surface area contributed by atoms with Crippen LogP contribution in [0.2, 0.25) is 18.1 Å². The lowest BCUT2D eigenvalue weighted by Gasteiger charge is -2.36. The highest BCUT2D eigenvalue weighted by Gasteiger charge is 2.37. The minimum Gasteiger partial charge on any atom is -0.414 e. The molecular weight excluding hydrogens is 338 g/mol. The highest BCUT2D eigenvalue weighted by atomic mass is 28.4. The van der Waals surface area contributed by atoms with E-state index in [0.717, 1.165) is 0 Å². The molecule has 3 nitrogen and oxygen atoms in total. The highest BCUT2D eigenvalue weighted by molar-refractivity contribution is 6.74. The second-order valence-corrected chi connectivity index (χ2v) is 13.2. The van der Waals surface area contributed by atoms with Crippen molar-refractivity contribution in [2.75, 3.05) is 13.2 Å². The van der Waals surface area contributed by atoms with E-state index in [0.29, 0.717) is 13.2 Å². The third kappa shape index (κ3) is 5.78. The molecule has 0 fully saturated rings. The van der Waals surface area contributed by atoms with Gasteiger partial charge in [-0.25, -0.2) is 0 Å². The summed E-state index contributed by atoms with van der Waals surface area (Å²) < 4.78 is 6.15. The van der Waals surface area contributed by atoms with Crippen LogP contribution >= 0.6 is 0 Å². The third-order valence-electron chi connectivity index (χ3n) is 5.27. The first-order chi connectivity index (χ1) is 12.2. The molecule has 0 bridgehead atoms. The van der Waals surface area contributed by atoms with Crippen molar-refractivity contribution in [1.82, 2.24) is 5.32 Å². The molecule has 0 aromatic heterocycles. The fourth-order valence-corrected chi connectivity index (χ4v) is 3.60. The number of aliphatic hydroxyl groups excluding tert-OH is 1. The molecule has 0 aliphatic rings. The van der Waals surface area contributed by atoms with Crippen molar-refractivity contribution in [3.05, 3.63) is 71.8 Å². The molecule has 0 radical (unpaired) electrons. The second-order valence-electron chi connectivity index (χ2n) is 8.39. The van der Waals surface area contributed by atoms with Gasteiger partial charge in [-0.05, 0) is 29.3 Å². The number of aliphatic hydroxyl groups is 1. The zero-order chi connectivity index (χ0) is 19.2. The van der Waals surface area contributed by atoms with Crippen LogP contribution in [0.5, 0.6) is 0 Å². The Labute approximate surface area is 159 Å². The summed E-state index contributed by atoms with van der Waals surface area (Å²) in [5, 5.41) is 14.1. The first-order valence-corrected chi connectivity index (χ1v) is 12.3. The van der Waals surface area contributed by atoms with Crippen molar-refractivity contribution in [1.29, 1.82) is 0 Å². The smallest absolute Gasteiger partial charge is 0.192 e. The van der Waals surface area contributed by atoms with E-state index < -0.39 is 14.4 Å². The van der Waals surface area contributed by atoms with Crippen LogP contribution in [-0.2, 0) is 4.43 Å². The third-order valence-corrected chi connectivity index (χ3v) is 9.77. The monoisotopic (exact) mass is 371 g/mol. The van der Waals surface area contributed by atoms with Crippen molar-refractivity contribution in [2.45, 2.75) is 51.0 Å². The molecule has 1 unspecified atom stereocenters. The van der Waals surface area contributed by atoms with Crippen LogP contribution in [-0.4, -0.2) is 32.7 Å². The standard InChI is InChI=1S/C22H33NO2Si/c1-22(2,3)26(4,5)25-17-20(24)16-23-21(18-12-8-6-9-13-18)19-14-10-7-11-15-19/h6-15,20-21,23-24H,16-17H2,1-5H3. The van der Waals surface area contributed by atoms with Gasteiger partial charge in [-0.15, -0.1) is 0 Å². The Hall–Kier alpha value is -1.46. The number of nitrogens with one attached hydrogen (secondary N) is 1. The summed E-state index contributed by atoms with van der Waals surface area (Å²) in [6, 6.07) is 20.7. The average molecular weight is 372 g/mol. The highest BCUT2D eigenvalue weighted by Crippen LogP contribution is 2.36. The topological polar surface area (TPSA) is 41.5 Å². The Morgan fingerprint density at radius 1 is 0.923 bits per heavy atom. The minimum absolute atomic E-state index is 0.0555. The van der Waals surface area contributed by atoms with E-state index in [1.54, 1.807) is 0 Å². The van der Waals surface area contributed by atoms with Gasteiger partial charge in [0.05, 0.1) is 18.8 Å². The van der Waals surface area contributed by atoms with Crippen LogP contribution in [0.3, 0.4) is 0 Å². The van der Waals surface area contributed by atoms with E-state index in [1.165, 1.54) is 11.1 Å². The Balaban J connectivity index is 1.99. The summed E-state index contributed by atoms with van der Waals surface area (Å²) in [5.41, 5.74) is 2.38. The Morgan fingerprint density at radius 2 is 1.38 bits per heavy atom. The van der Waals surface area contributed by atoms with Crippen molar-refractivity contribution >= 4 is 8.32 Å². The lowest BCUT2D eigenvalue weighted by atomic mass is 9.98. The van der Waals surface area contributed by atoms with E-state index in [-0.39, 0.29) is 11.1 Å². The van der Waals surface area contributed by atoms with Gasteiger partial charge >= 0.3 is 0 Å². The van der Waals surface area contributed by atoms with Gasteiger partial charge in [0.1, 0.15) is 0 Å². The molecule has 0 amide bonds. The molecular formula is C22H33NO2Si. The summed E-state index contributed by atoms with van der Waals surface area (Å²) in [7, 11) is -1.84. The van der Waals surface area contributed by atoms with E-state index in [4.69, 9.17) is 4.43 Å². The number of hydrogen-bond donors (Lipinski definition) is 2.